The van der Waals surface area contributed by atoms with Crippen LogP contribution in [0.1, 0.15) is 37.0 Å². The number of hydrogen-bond acceptors (Lipinski definition) is 5. The molecule has 0 bridgehead atoms. The average molecular weight is 392 g/mol. The number of unbranched alkanes of at least 4 members (excludes halogenated alkanes) is 1. The first-order chi connectivity index (χ1) is 14.0. The van der Waals surface area contributed by atoms with Crippen LogP contribution in [0.5, 0.6) is 0 Å². The molecule has 1 aliphatic rings. The number of nitrogens with zero attached hydrogens (tertiary/aromatic N) is 2. The summed E-state index contributed by atoms with van der Waals surface area (Å²) < 4.78 is 7.00. The predicted molar refractivity (Wildman–Crippen MR) is 113 cm³/mol. The lowest BCUT2D eigenvalue weighted by molar-refractivity contribution is -0.116. The number of methoxy groups -OCH3 is 1. The molecule has 0 spiro atoms. The summed E-state index contributed by atoms with van der Waals surface area (Å²) in [5.41, 5.74) is 4.73. The van der Waals surface area contributed by atoms with Crippen LogP contribution in [0.2, 0.25) is 0 Å². The number of benzene rings is 2. The molecule has 150 valence electrons. The summed E-state index contributed by atoms with van der Waals surface area (Å²) in [6.07, 6.45) is 2.07. The van der Waals surface area contributed by atoms with Crippen molar-refractivity contribution in [3.63, 3.8) is 0 Å². The van der Waals surface area contributed by atoms with Gasteiger partial charge in [0.1, 0.15) is 11.9 Å². The molecule has 29 heavy (non-hydrogen) atoms. The number of aryl methyl sites for hydroxylation is 1. The summed E-state index contributed by atoms with van der Waals surface area (Å²) in [6, 6.07) is 11.1. The lowest BCUT2D eigenvalue weighted by Gasteiger charge is -2.24. The van der Waals surface area contributed by atoms with Gasteiger partial charge in [0.2, 0.25) is 5.91 Å². The van der Waals surface area contributed by atoms with Crippen LogP contribution in [0.3, 0.4) is 0 Å². The third-order valence-electron chi connectivity index (χ3n) is 5.21. The first kappa shape index (κ1) is 19.0. The number of amides is 1. The molecule has 0 aliphatic carbocycles. The summed E-state index contributed by atoms with van der Waals surface area (Å²) >= 11 is 0. The van der Waals surface area contributed by atoms with Gasteiger partial charge in [0.05, 0.1) is 35.1 Å². The summed E-state index contributed by atoms with van der Waals surface area (Å²) in [7, 11) is 1.37. The van der Waals surface area contributed by atoms with Gasteiger partial charge < -0.3 is 19.9 Å². The summed E-state index contributed by atoms with van der Waals surface area (Å²) in [4.78, 5) is 28.8. The Balaban J connectivity index is 1.82. The summed E-state index contributed by atoms with van der Waals surface area (Å²) in [5, 5.41) is 6.15. The molecule has 2 heterocycles. The molecule has 2 N–H and O–H groups in total. The third kappa shape index (κ3) is 3.44. The smallest absolute Gasteiger partial charge is 0.337 e. The number of imidazole rings is 1. The molecule has 0 radical (unpaired) electrons. The number of ether oxygens (including phenoxy) is 1. The van der Waals surface area contributed by atoms with E-state index < -0.39 is 0 Å². The van der Waals surface area contributed by atoms with Crippen LogP contribution >= 0.6 is 0 Å². The van der Waals surface area contributed by atoms with Crippen molar-refractivity contribution in [2.24, 2.45) is 0 Å². The van der Waals surface area contributed by atoms with Crippen LogP contribution in [0, 0.1) is 0 Å². The molecule has 3 aromatic rings. The number of aromatic nitrogens is 2. The minimum Gasteiger partial charge on any atom is -0.465 e. The Morgan fingerprint density at radius 2 is 2.03 bits per heavy atom. The van der Waals surface area contributed by atoms with E-state index in [0.29, 0.717) is 5.56 Å². The maximum absolute atomic E-state index is 12.0. The molecule has 1 amide bonds. The van der Waals surface area contributed by atoms with Gasteiger partial charge in [-0.3, -0.25) is 4.79 Å². The van der Waals surface area contributed by atoms with Crippen LogP contribution in [0.25, 0.3) is 22.4 Å². The number of carbonyl (C=O) groups excluding carboxylic acids is 2. The quantitative estimate of drug-likeness (QED) is 0.640. The maximum Gasteiger partial charge on any atom is 0.337 e. The number of esters is 1. The number of hydrogen-bond donors (Lipinski definition) is 2. The van der Waals surface area contributed by atoms with Gasteiger partial charge in [-0.15, -0.1) is 0 Å². The fraction of sp³-hybridized carbons (Fsp3) is 0.318. The molecular formula is C22H24N4O3. The van der Waals surface area contributed by atoms with Gasteiger partial charge in [0, 0.05) is 12.1 Å². The monoisotopic (exact) mass is 392 g/mol. The molecule has 1 aliphatic heterocycles. The van der Waals surface area contributed by atoms with Gasteiger partial charge in [-0.1, -0.05) is 13.3 Å². The Morgan fingerprint density at radius 3 is 2.79 bits per heavy atom. The van der Waals surface area contributed by atoms with Crippen LogP contribution in [0.4, 0.5) is 11.4 Å². The molecule has 2 aromatic carbocycles. The highest BCUT2D eigenvalue weighted by Crippen LogP contribution is 2.33. The number of anilines is 2. The molecule has 0 unspecified atom stereocenters. The number of rotatable bonds is 5. The zero-order chi connectivity index (χ0) is 20.5. The number of fused-ring (bicyclic) bond motifs is 2. The van der Waals surface area contributed by atoms with E-state index in [-0.39, 0.29) is 17.9 Å². The fourth-order valence-corrected chi connectivity index (χ4v) is 3.59. The van der Waals surface area contributed by atoms with E-state index in [1.807, 2.05) is 31.2 Å². The van der Waals surface area contributed by atoms with Crippen molar-refractivity contribution in [1.82, 2.24) is 9.55 Å². The van der Waals surface area contributed by atoms with E-state index in [1.54, 1.807) is 12.1 Å². The van der Waals surface area contributed by atoms with Gasteiger partial charge >= 0.3 is 5.97 Å². The van der Waals surface area contributed by atoms with Crippen molar-refractivity contribution in [2.75, 3.05) is 17.7 Å². The van der Waals surface area contributed by atoms with Crippen LogP contribution in [0.15, 0.2) is 36.4 Å². The topological polar surface area (TPSA) is 85.3 Å². The lowest BCUT2D eigenvalue weighted by Crippen LogP contribution is -2.36. The predicted octanol–water partition coefficient (Wildman–Crippen LogP) is 4.04. The Hall–Kier alpha value is -3.35. The Labute approximate surface area is 169 Å². The van der Waals surface area contributed by atoms with Gasteiger partial charge in [-0.2, -0.15) is 0 Å². The first-order valence-electron chi connectivity index (χ1n) is 9.82. The van der Waals surface area contributed by atoms with Crippen molar-refractivity contribution in [3.05, 3.63) is 42.0 Å². The second-order valence-electron chi connectivity index (χ2n) is 7.25. The first-order valence-corrected chi connectivity index (χ1v) is 9.82. The van der Waals surface area contributed by atoms with E-state index in [0.717, 1.165) is 53.2 Å². The van der Waals surface area contributed by atoms with E-state index in [2.05, 4.69) is 22.1 Å². The molecule has 4 rings (SSSR count). The largest absolute Gasteiger partial charge is 0.465 e. The van der Waals surface area contributed by atoms with E-state index in [4.69, 9.17) is 9.72 Å². The molecule has 0 saturated carbocycles. The Bertz CT molecular complexity index is 1100. The van der Waals surface area contributed by atoms with Crippen molar-refractivity contribution >= 4 is 34.3 Å². The van der Waals surface area contributed by atoms with E-state index in [9.17, 15) is 9.59 Å². The normalized spacial score (nSPS) is 15.6. The van der Waals surface area contributed by atoms with Gasteiger partial charge in [0.15, 0.2) is 0 Å². The number of nitrogens with one attached hydrogen (secondary N) is 2. The van der Waals surface area contributed by atoms with Crippen molar-refractivity contribution in [3.8, 4) is 11.4 Å². The molecular weight excluding hydrogens is 368 g/mol. The van der Waals surface area contributed by atoms with Crippen LogP contribution < -0.4 is 10.6 Å². The lowest BCUT2D eigenvalue weighted by atomic mass is 10.1. The zero-order valence-electron chi connectivity index (χ0n) is 16.8. The van der Waals surface area contributed by atoms with Crippen LogP contribution in [-0.4, -0.2) is 34.6 Å². The second kappa shape index (κ2) is 7.58. The van der Waals surface area contributed by atoms with Crippen LogP contribution in [-0.2, 0) is 16.1 Å². The van der Waals surface area contributed by atoms with E-state index >= 15 is 0 Å². The zero-order valence-corrected chi connectivity index (χ0v) is 16.8. The molecule has 7 nitrogen and oxygen atoms in total. The molecule has 0 fully saturated rings. The van der Waals surface area contributed by atoms with Gasteiger partial charge in [-0.05, 0) is 49.7 Å². The van der Waals surface area contributed by atoms with Crippen molar-refractivity contribution < 1.29 is 14.3 Å². The highest BCUT2D eigenvalue weighted by atomic mass is 16.5. The SMILES string of the molecule is CCCCn1c(-c2ccc3c(c2)NC(=O)[C@H](C)N3)nc2cc(C(=O)OC)ccc21. The minimum absolute atomic E-state index is 0.0585. The summed E-state index contributed by atoms with van der Waals surface area (Å²) in [6.45, 7) is 4.79. The Morgan fingerprint density at radius 1 is 1.21 bits per heavy atom. The maximum atomic E-state index is 12.0. The highest BCUT2D eigenvalue weighted by molar-refractivity contribution is 6.03. The third-order valence-corrected chi connectivity index (χ3v) is 5.21. The highest BCUT2D eigenvalue weighted by Gasteiger charge is 2.22. The van der Waals surface area contributed by atoms with Gasteiger partial charge in [-0.25, -0.2) is 9.78 Å². The standard InChI is InChI=1S/C22H24N4O3/c1-4-5-10-26-19-9-7-15(22(28)29-3)12-18(19)24-20(26)14-6-8-16-17(11-14)25-21(27)13(2)23-16/h6-9,11-13,23H,4-5,10H2,1-3H3,(H,25,27)/t13-/m0/s1. The van der Waals surface area contributed by atoms with E-state index in [1.165, 1.54) is 7.11 Å². The van der Waals surface area contributed by atoms with Crippen molar-refractivity contribution in [1.29, 1.82) is 0 Å². The van der Waals surface area contributed by atoms with Gasteiger partial charge in [0.25, 0.3) is 0 Å². The second-order valence-corrected chi connectivity index (χ2v) is 7.25. The Kier molecular flexibility index (Phi) is 4.96. The molecule has 1 aromatic heterocycles. The number of carbonyl (C=O) groups is 2. The summed E-state index contributed by atoms with van der Waals surface area (Å²) in [5.74, 6) is 0.372. The minimum atomic E-state index is -0.381. The molecule has 7 heteroatoms. The average Bonchev–Trinajstić information content (AvgIpc) is 3.09. The fourth-order valence-electron chi connectivity index (χ4n) is 3.59. The van der Waals surface area contributed by atoms with Crippen molar-refractivity contribution in [2.45, 2.75) is 39.3 Å². The molecule has 1 atom stereocenters. The molecule has 0 saturated heterocycles.